The number of carbonyl (C=O) groups is 2. The molecule has 1 unspecified atom stereocenters. The minimum atomic E-state index is -0.450. The van der Waals surface area contributed by atoms with E-state index in [0.717, 1.165) is 4.90 Å². The number of para-hydroxylation sites is 2. The standard InChI is InChI=1S/C17H16N2O3S/c1-22-14-8-3-2-7-13(14)19-16(20)10-15(17(19)21)23-12-6-4-5-11(18)9-12/h2-9,15H,10,18H2,1H3. The van der Waals surface area contributed by atoms with E-state index in [1.54, 1.807) is 36.4 Å². The number of amides is 2. The summed E-state index contributed by atoms with van der Waals surface area (Å²) in [5.74, 6) is 0.0524. The van der Waals surface area contributed by atoms with Gasteiger partial charge in [0.1, 0.15) is 5.75 Å². The molecule has 2 N–H and O–H groups in total. The Morgan fingerprint density at radius 1 is 1.17 bits per heavy atom. The van der Waals surface area contributed by atoms with Gasteiger partial charge in [-0.15, -0.1) is 11.8 Å². The monoisotopic (exact) mass is 328 g/mol. The number of nitrogens with zero attached hydrogens (tertiary/aromatic N) is 1. The Bertz CT molecular complexity index is 763. The van der Waals surface area contributed by atoms with Gasteiger partial charge >= 0.3 is 0 Å². The van der Waals surface area contributed by atoms with Crippen molar-refractivity contribution in [1.29, 1.82) is 0 Å². The second-order valence-electron chi connectivity index (χ2n) is 5.12. The number of thioether (sulfide) groups is 1. The Kier molecular flexibility index (Phi) is 4.25. The molecule has 6 heteroatoms. The molecular weight excluding hydrogens is 312 g/mol. The fraction of sp³-hybridized carbons (Fsp3) is 0.176. The number of anilines is 2. The molecule has 0 spiro atoms. The van der Waals surface area contributed by atoms with Crippen molar-refractivity contribution < 1.29 is 14.3 Å². The predicted octanol–water partition coefficient (Wildman–Crippen LogP) is 2.70. The summed E-state index contributed by atoms with van der Waals surface area (Å²) in [4.78, 5) is 27.1. The van der Waals surface area contributed by atoms with E-state index >= 15 is 0 Å². The number of ether oxygens (including phenoxy) is 1. The molecule has 2 aromatic carbocycles. The Balaban J connectivity index is 1.85. The average molecular weight is 328 g/mol. The van der Waals surface area contributed by atoms with E-state index in [1.807, 2.05) is 12.1 Å². The van der Waals surface area contributed by atoms with E-state index in [4.69, 9.17) is 10.5 Å². The third kappa shape index (κ3) is 3.03. The van der Waals surface area contributed by atoms with Crippen molar-refractivity contribution >= 4 is 35.0 Å². The van der Waals surface area contributed by atoms with Crippen molar-refractivity contribution in [1.82, 2.24) is 0 Å². The topological polar surface area (TPSA) is 72.6 Å². The zero-order valence-corrected chi connectivity index (χ0v) is 13.4. The SMILES string of the molecule is COc1ccccc1N1C(=O)CC(Sc2cccc(N)c2)C1=O. The summed E-state index contributed by atoms with van der Waals surface area (Å²) in [6.07, 6.45) is 0.163. The first kappa shape index (κ1) is 15.4. The van der Waals surface area contributed by atoms with Crippen LogP contribution in [0.15, 0.2) is 53.4 Å². The molecule has 0 saturated carbocycles. The summed E-state index contributed by atoms with van der Waals surface area (Å²) in [7, 11) is 1.52. The van der Waals surface area contributed by atoms with Crippen LogP contribution in [0.3, 0.4) is 0 Å². The molecule has 0 aliphatic carbocycles. The van der Waals surface area contributed by atoms with Crippen LogP contribution in [-0.4, -0.2) is 24.2 Å². The first-order valence-electron chi connectivity index (χ1n) is 7.12. The number of nitrogen functional groups attached to an aromatic ring is 1. The Morgan fingerprint density at radius 3 is 2.70 bits per heavy atom. The highest BCUT2D eigenvalue weighted by Gasteiger charge is 2.41. The van der Waals surface area contributed by atoms with Crippen LogP contribution in [0, 0.1) is 0 Å². The molecule has 1 aliphatic rings. The lowest BCUT2D eigenvalue weighted by Gasteiger charge is -2.17. The van der Waals surface area contributed by atoms with Gasteiger partial charge in [-0.05, 0) is 30.3 Å². The van der Waals surface area contributed by atoms with Crippen molar-refractivity contribution in [2.75, 3.05) is 17.7 Å². The number of methoxy groups -OCH3 is 1. The zero-order valence-electron chi connectivity index (χ0n) is 12.6. The van der Waals surface area contributed by atoms with E-state index in [9.17, 15) is 9.59 Å². The minimum Gasteiger partial charge on any atom is -0.495 e. The number of hydrogen-bond donors (Lipinski definition) is 1. The van der Waals surface area contributed by atoms with Gasteiger partial charge in [-0.3, -0.25) is 9.59 Å². The van der Waals surface area contributed by atoms with Gasteiger partial charge in [0.05, 0.1) is 18.0 Å². The van der Waals surface area contributed by atoms with E-state index in [-0.39, 0.29) is 18.2 Å². The molecule has 1 fully saturated rings. The Hall–Kier alpha value is -2.47. The summed E-state index contributed by atoms with van der Waals surface area (Å²) in [6.45, 7) is 0. The molecule has 1 atom stereocenters. The van der Waals surface area contributed by atoms with Crippen LogP contribution in [0.5, 0.6) is 5.75 Å². The smallest absolute Gasteiger partial charge is 0.247 e. The highest BCUT2D eigenvalue weighted by atomic mass is 32.2. The molecule has 118 valence electrons. The maximum absolute atomic E-state index is 12.7. The first-order chi connectivity index (χ1) is 11.1. The zero-order chi connectivity index (χ0) is 16.4. The lowest BCUT2D eigenvalue weighted by Crippen LogP contribution is -2.31. The minimum absolute atomic E-state index is 0.163. The largest absolute Gasteiger partial charge is 0.495 e. The van der Waals surface area contributed by atoms with E-state index < -0.39 is 5.25 Å². The normalized spacial score (nSPS) is 17.6. The summed E-state index contributed by atoms with van der Waals surface area (Å²) in [6, 6.07) is 14.3. The molecule has 5 nitrogen and oxygen atoms in total. The van der Waals surface area contributed by atoms with Gasteiger partial charge in [-0.2, -0.15) is 0 Å². The third-order valence-electron chi connectivity index (χ3n) is 3.57. The van der Waals surface area contributed by atoms with Crippen molar-refractivity contribution in [2.45, 2.75) is 16.6 Å². The Morgan fingerprint density at radius 2 is 1.96 bits per heavy atom. The van der Waals surface area contributed by atoms with Crippen molar-refractivity contribution in [3.05, 3.63) is 48.5 Å². The molecule has 1 saturated heterocycles. The van der Waals surface area contributed by atoms with Crippen molar-refractivity contribution in [2.24, 2.45) is 0 Å². The van der Waals surface area contributed by atoms with Crippen LogP contribution in [0.2, 0.25) is 0 Å². The van der Waals surface area contributed by atoms with Gasteiger partial charge in [-0.25, -0.2) is 4.90 Å². The highest BCUT2D eigenvalue weighted by molar-refractivity contribution is 8.00. The van der Waals surface area contributed by atoms with Crippen LogP contribution in [0.1, 0.15) is 6.42 Å². The molecule has 2 amide bonds. The molecule has 0 aromatic heterocycles. The fourth-order valence-corrected chi connectivity index (χ4v) is 3.64. The van der Waals surface area contributed by atoms with E-state index in [2.05, 4.69) is 0 Å². The van der Waals surface area contributed by atoms with Gasteiger partial charge in [0, 0.05) is 17.0 Å². The van der Waals surface area contributed by atoms with Crippen LogP contribution in [0.4, 0.5) is 11.4 Å². The number of benzene rings is 2. The highest BCUT2D eigenvalue weighted by Crippen LogP contribution is 2.37. The van der Waals surface area contributed by atoms with Gasteiger partial charge < -0.3 is 10.5 Å². The number of imide groups is 1. The second kappa shape index (κ2) is 6.34. The van der Waals surface area contributed by atoms with Gasteiger partial charge in [0.2, 0.25) is 11.8 Å². The summed E-state index contributed by atoms with van der Waals surface area (Å²) in [5, 5.41) is -0.450. The number of nitrogens with two attached hydrogens (primary N) is 1. The molecular formula is C17H16N2O3S. The van der Waals surface area contributed by atoms with Crippen LogP contribution in [-0.2, 0) is 9.59 Å². The number of hydrogen-bond acceptors (Lipinski definition) is 5. The lowest BCUT2D eigenvalue weighted by atomic mass is 10.2. The summed E-state index contributed by atoms with van der Waals surface area (Å²) >= 11 is 1.36. The molecule has 3 rings (SSSR count). The molecule has 1 aliphatic heterocycles. The Labute approximate surface area is 138 Å². The maximum atomic E-state index is 12.7. The van der Waals surface area contributed by atoms with E-state index in [0.29, 0.717) is 17.1 Å². The number of rotatable bonds is 4. The third-order valence-corrected chi connectivity index (χ3v) is 4.75. The molecule has 0 bridgehead atoms. The summed E-state index contributed by atoms with van der Waals surface area (Å²) in [5.41, 5.74) is 6.88. The average Bonchev–Trinajstić information content (AvgIpc) is 2.81. The summed E-state index contributed by atoms with van der Waals surface area (Å²) < 4.78 is 5.25. The molecule has 23 heavy (non-hydrogen) atoms. The molecule has 2 aromatic rings. The van der Waals surface area contributed by atoms with Crippen LogP contribution >= 0.6 is 11.8 Å². The molecule has 0 radical (unpaired) electrons. The first-order valence-corrected chi connectivity index (χ1v) is 8.00. The number of carbonyl (C=O) groups excluding carboxylic acids is 2. The fourth-order valence-electron chi connectivity index (χ4n) is 2.52. The predicted molar refractivity (Wildman–Crippen MR) is 90.6 cm³/mol. The maximum Gasteiger partial charge on any atom is 0.247 e. The van der Waals surface area contributed by atoms with Gasteiger partial charge in [0.25, 0.3) is 0 Å². The lowest BCUT2D eigenvalue weighted by molar-refractivity contribution is -0.121. The van der Waals surface area contributed by atoms with Gasteiger partial charge in [-0.1, -0.05) is 18.2 Å². The van der Waals surface area contributed by atoms with Crippen molar-refractivity contribution in [3.8, 4) is 5.75 Å². The van der Waals surface area contributed by atoms with Crippen LogP contribution in [0.25, 0.3) is 0 Å². The van der Waals surface area contributed by atoms with Gasteiger partial charge in [0.15, 0.2) is 0 Å². The van der Waals surface area contributed by atoms with E-state index in [1.165, 1.54) is 23.8 Å². The second-order valence-corrected chi connectivity index (χ2v) is 6.40. The van der Waals surface area contributed by atoms with Crippen LogP contribution < -0.4 is 15.4 Å². The quantitative estimate of drug-likeness (QED) is 0.690. The molecule has 1 heterocycles. The van der Waals surface area contributed by atoms with Crippen molar-refractivity contribution in [3.63, 3.8) is 0 Å².